The van der Waals surface area contributed by atoms with Gasteiger partial charge in [0.15, 0.2) is 5.13 Å². The zero-order valence-electron chi connectivity index (χ0n) is 22.3. The van der Waals surface area contributed by atoms with Crippen molar-refractivity contribution >= 4 is 43.7 Å². The minimum Gasteiger partial charge on any atom is -0.396 e. The molecule has 0 aliphatic heterocycles. The molecule has 0 radical (unpaired) electrons. The number of anilines is 1. The average molecular weight is 590 g/mol. The first kappa shape index (κ1) is 28.2. The van der Waals surface area contributed by atoms with Crippen LogP contribution in [0.4, 0.5) is 5.13 Å². The summed E-state index contributed by atoms with van der Waals surface area (Å²) in [6, 6.07) is 10.6. The molecule has 2 aliphatic rings. The molecule has 1 saturated carbocycles. The molecule has 1 amide bonds. The zero-order chi connectivity index (χ0) is 28.0. The summed E-state index contributed by atoms with van der Waals surface area (Å²) in [6.45, 7) is 6.22. The highest BCUT2D eigenvalue weighted by atomic mass is 32.2. The maximum Gasteiger partial charge on any atom is 0.263 e. The predicted octanol–water partition coefficient (Wildman–Crippen LogP) is 4.44. The molecule has 2 aromatic heterocycles. The number of aromatic nitrogens is 1. The van der Waals surface area contributed by atoms with Crippen molar-refractivity contribution in [1.29, 1.82) is 0 Å². The van der Waals surface area contributed by atoms with Crippen LogP contribution in [0.15, 0.2) is 46.7 Å². The minimum atomic E-state index is -3.84. The molecule has 0 spiro atoms. The molecule has 2 heterocycles. The van der Waals surface area contributed by atoms with E-state index >= 15 is 0 Å². The van der Waals surface area contributed by atoms with Crippen molar-refractivity contribution in [1.82, 2.24) is 10.3 Å². The third-order valence-electron chi connectivity index (χ3n) is 8.88. The Kier molecular flexibility index (Phi) is 7.66. The summed E-state index contributed by atoms with van der Waals surface area (Å²) in [5, 5.41) is 26.7. The Hall–Kier alpha value is -2.31. The number of fused-ring (bicyclic) bond motifs is 2. The van der Waals surface area contributed by atoms with Crippen molar-refractivity contribution in [2.75, 3.05) is 11.3 Å². The molecule has 1 fully saturated rings. The SMILES string of the molecule is Cc1ccc(S(=O)(=O)Nc2nc3c(s2)CC2C(C)(CO)C(O)CCC2(C)C3CC(=O)NCc2cccs2)cc1. The number of carbonyl (C=O) groups is 1. The lowest BCUT2D eigenvalue weighted by molar-refractivity contribution is -0.144. The highest BCUT2D eigenvalue weighted by Crippen LogP contribution is 2.62. The second-order valence-electron chi connectivity index (χ2n) is 11.3. The van der Waals surface area contributed by atoms with Gasteiger partial charge in [0.05, 0.1) is 29.8 Å². The number of sulfonamides is 1. The van der Waals surface area contributed by atoms with Gasteiger partial charge >= 0.3 is 0 Å². The first-order valence-corrected chi connectivity index (χ1v) is 16.3. The molecule has 11 heteroatoms. The second kappa shape index (κ2) is 10.6. The Balaban J connectivity index is 1.48. The molecule has 5 unspecified atom stereocenters. The topological polar surface area (TPSA) is 129 Å². The summed E-state index contributed by atoms with van der Waals surface area (Å²) in [4.78, 5) is 20.1. The van der Waals surface area contributed by atoms with Crippen LogP contribution in [0.5, 0.6) is 0 Å². The maximum absolute atomic E-state index is 13.2. The van der Waals surface area contributed by atoms with E-state index in [1.807, 2.05) is 31.4 Å². The van der Waals surface area contributed by atoms with Gasteiger partial charge in [-0.2, -0.15) is 0 Å². The summed E-state index contributed by atoms with van der Waals surface area (Å²) >= 11 is 2.86. The van der Waals surface area contributed by atoms with Gasteiger partial charge in [-0.15, -0.1) is 22.7 Å². The molecule has 8 nitrogen and oxygen atoms in total. The number of hydrogen-bond donors (Lipinski definition) is 4. The number of nitrogens with zero attached hydrogens (tertiary/aromatic N) is 1. The van der Waals surface area contributed by atoms with Gasteiger partial charge in [0, 0.05) is 27.5 Å². The van der Waals surface area contributed by atoms with Crippen molar-refractivity contribution in [3.8, 4) is 0 Å². The van der Waals surface area contributed by atoms with Gasteiger partial charge < -0.3 is 15.5 Å². The van der Waals surface area contributed by atoms with Gasteiger partial charge in [-0.3, -0.25) is 9.52 Å². The largest absolute Gasteiger partial charge is 0.396 e. The second-order valence-corrected chi connectivity index (χ2v) is 15.1. The minimum absolute atomic E-state index is 0.104. The van der Waals surface area contributed by atoms with Crippen molar-refractivity contribution < 1.29 is 23.4 Å². The molecule has 210 valence electrons. The van der Waals surface area contributed by atoms with Crippen LogP contribution in [0.2, 0.25) is 0 Å². The van der Waals surface area contributed by atoms with E-state index in [0.717, 1.165) is 21.0 Å². The van der Waals surface area contributed by atoms with Crippen molar-refractivity contribution in [2.24, 2.45) is 16.7 Å². The van der Waals surface area contributed by atoms with E-state index in [-0.39, 0.29) is 40.8 Å². The van der Waals surface area contributed by atoms with Gasteiger partial charge in [0.25, 0.3) is 10.0 Å². The monoisotopic (exact) mass is 589 g/mol. The van der Waals surface area contributed by atoms with E-state index in [9.17, 15) is 23.4 Å². The number of thiophene rings is 1. The fourth-order valence-electron chi connectivity index (χ4n) is 6.44. The molecular formula is C28H35N3O5S3. The summed E-state index contributed by atoms with van der Waals surface area (Å²) in [6.07, 6.45) is 1.28. The number of aryl methyl sites for hydroxylation is 1. The number of rotatable bonds is 8. The fraction of sp³-hybridized carbons (Fsp3) is 0.500. The van der Waals surface area contributed by atoms with Gasteiger partial charge in [-0.05, 0) is 61.1 Å². The zero-order valence-corrected chi connectivity index (χ0v) is 24.8. The van der Waals surface area contributed by atoms with E-state index in [1.165, 1.54) is 11.3 Å². The molecule has 3 aromatic rings. The quantitative estimate of drug-likeness (QED) is 0.308. The average Bonchev–Trinajstić information content (AvgIpc) is 3.56. The predicted molar refractivity (Wildman–Crippen MR) is 153 cm³/mol. The molecule has 4 N–H and O–H groups in total. The first-order valence-electron chi connectivity index (χ1n) is 13.1. The van der Waals surface area contributed by atoms with E-state index in [4.69, 9.17) is 4.98 Å². The number of thiazole rings is 1. The molecule has 2 aliphatic carbocycles. The molecular weight excluding hydrogens is 555 g/mol. The third kappa shape index (κ3) is 5.27. The van der Waals surface area contributed by atoms with E-state index in [2.05, 4.69) is 17.0 Å². The Labute approximate surface area is 237 Å². The van der Waals surface area contributed by atoms with Crippen LogP contribution >= 0.6 is 22.7 Å². The summed E-state index contributed by atoms with van der Waals surface area (Å²) < 4.78 is 28.9. The standard InChI is InChI=1S/C28H35N3O5S3/c1-17-6-8-19(9-7-17)39(35,36)31-26-30-25-20(13-24(34)29-15-18-5-4-12-37-18)27(2)11-10-23(33)28(3,16-32)22(27)14-21(25)38-26/h4-9,12,20,22-23,32-33H,10-11,13-16H2,1-3H3,(H,29,34)(H,30,31). The van der Waals surface area contributed by atoms with Gasteiger partial charge in [0.1, 0.15) is 0 Å². The van der Waals surface area contributed by atoms with E-state index in [1.54, 1.807) is 35.6 Å². The Morgan fingerprint density at radius 3 is 2.62 bits per heavy atom. The van der Waals surface area contributed by atoms with E-state index in [0.29, 0.717) is 25.8 Å². The van der Waals surface area contributed by atoms with Crippen molar-refractivity contribution in [2.45, 2.75) is 69.9 Å². The molecule has 0 saturated heterocycles. The Morgan fingerprint density at radius 1 is 1.21 bits per heavy atom. The molecule has 39 heavy (non-hydrogen) atoms. The van der Waals surface area contributed by atoms with Crippen LogP contribution in [0.3, 0.4) is 0 Å². The summed E-state index contributed by atoms with van der Waals surface area (Å²) in [7, 11) is -3.84. The number of carbonyl (C=O) groups excluding carboxylic acids is 1. The van der Waals surface area contributed by atoms with Gasteiger partial charge in [0.2, 0.25) is 5.91 Å². The van der Waals surface area contributed by atoms with Gasteiger partial charge in [-0.25, -0.2) is 13.4 Å². The molecule has 0 bridgehead atoms. The number of aliphatic hydroxyl groups excluding tert-OH is 2. The smallest absolute Gasteiger partial charge is 0.263 e. The normalized spacial score (nSPS) is 28.4. The lowest BCUT2D eigenvalue weighted by atomic mass is 9.47. The number of hydrogen-bond acceptors (Lipinski definition) is 8. The number of aliphatic hydroxyl groups is 2. The number of benzene rings is 1. The van der Waals surface area contributed by atoms with Crippen LogP contribution in [-0.4, -0.2) is 42.2 Å². The molecule has 5 rings (SSSR count). The van der Waals surface area contributed by atoms with Crippen molar-refractivity contribution in [3.63, 3.8) is 0 Å². The Morgan fingerprint density at radius 2 is 1.95 bits per heavy atom. The Bertz CT molecular complexity index is 1440. The molecule has 1 aromatic carbocycles. The third-order valence-corrected chi connectivity index (χ3v) is 12.2. The first-order chi connectivity index (χ1) is 18.5. The number of amides is 1. The highest BCUT2D eigenvalue weighted by Gasteiger charge is 2.59. The molecule has 5 atom stereocenters. The lowest BCUT2D eigenvalue weighted by Crippen LogP contribution is -2.57. The lowest BCUT2D eigenvalue weighted by Gasteiger charge is -2.58. The van der Waals surface area contributed by atoms with Crippen LogP contribution in [0, 0.1) is 23.7 Å². The number of nitrogens with one attached hydrogen (secondary N) is 2. The van der Waals surface area contributed by atoms with Gasteiger partial charge in [-0.1, -0.05) is 37.6 Å². The van der Waals surface area contributed by atoms with E-state index < -0.39 is 27.0 Å². The van der Waals surface area contributed by atoms with Crippen molar-refractivity contribution in [3.05, 3.63) is 62.8 Å². The van der Waals surface area contributed by atoms with Crippen LogP contribution in [0.1, 0.15) is 60.0 Å². The van der Waals surface area contributed by atoms with Crippen LogP contribution in [-0.2, 0) is 27.8 Å². The highest BCUT2D eigenvalue weighted by molar-refractivity contribution is 7.93. The summed E-state index contributed by atoms with van der Waals surface area (Å²) in [5.41, 5.74) is 0.541. The fourth-order valence-corrected chi connectivity index (χ4v) is 9.39. The maximum atomic E-state index is 13.2. The summed E-state index contributed by atoms with van der Waals surface area (Å²) in [5.74, 6) is -0.502. The van der Waals surface area contributed by atoms with Crippen LogP contribution < -0.4 is 10.0 Å². The van der Waals surface area contributed by atoms with Crippen LogP contribution in [0.25, 0.3) is 0 Å².